The predicted octanol–water partition coefficient (Wildman–Crippen LogP) is 1.01. The van der Waals surface area contributed by atoms with Gasteiger partial charge in [0.15, 0.2) is 48.4 Å². The lowest BCUT2D eigenvalue weighted by molar-refractivity contribution is -0.131. The first-order valence-corrected chi connectivity index (χ1v) is 17.9. The molecule has 3 aliphatic rings. The number of pyridine rings is 1. The first-order chi connectivity index (χ1) is 20.8. The van der Waals surface area contributed by atoms with Gasteiger partial charge in [0.25, 0.3) is 5.56 Å². The van der Waals surface area contributed by atoms with Gasteiger partial charge in [-0.3, -0.25) is 27.9 Å². The highest BCUT2D eigenvalue weighted by atomic mass is 32.5. The second-order valence-corrected chi connectivity index (χ2v) is 15.5. The molecule has 3 saturated heterocycles. The van der Waals surface area contributed by atoms with Gasteiger partial charge in [-0.2, -0.15) is 4.98 Å². The molecule has 3 fully saturated rings. The van der Waals surface area contributed by atoms with Crippen LogP contribution >= 0.6 is 13.4 Å². The van der Waals surface area contributed by atoms with E-state index in [1.54, 1.807) is 12.1 Å². The number of hydrogen-bond acceptors (Lipinski definition) is 14. The van der Waals surface area contributed by atoms with Crippen LogP contribution in [0.3, 0.4) is 0 Å². The van der Waals surface area contributed by atoms with Crippen molar-refractivity contribution in [3.8, 4) is 0 Å². The molecule has 0 spiro atoms. The van der Waals surface area contributed by atoms with Crippen LogP contribution in [0.4, 0.5) is 20.4 Å². The van der Waals surface area contributed by atoms with Gasteiger partial charge < -0.3 is 39.8 Å². The van der Waals surface area contributed by atoms with Gasteiger partial charge in [0, 0.05) is 23.5 Å². The number of hydrogen-bond donors (Lipinski definition) is 5. The Hall–Kier alpha value is -2.52. The van der Waals surface area contributed by atoms with E-state index in [0.29, 0.717) is 11.1 Å². The number of H-pyrrole nitrogens is 1. The van der Waals surface area contributed by atoms with E-state index >= 15 is 8.78 Å². The number of nitrogen functional groups attached to an aromatic ring is 2. The summed E-state index contributed by atoms with van der Waals surface area (Å²) < 4.78 is 67.9. The van der Waals surface area contributed by atoms with Gasteiger partial charge in [-0.15, -0.1) is 0 Å². The standard InChI is InChI=1S/C21H22F2N8O9P2S2/c22-10-9-5-35-41(33,43)39-14-11(23)18(30-4-2-7-8(24)1-3-26-15(7)30)37-20(14)40-42(34,44)38-13(10)19(36-9)31-6-27-12-16(31)28-21(25)29-17(12)32/h1-4,6,9-11,13-14,18-20H,5H2,(H2,24,26)(H,33,43)(H,34,44)(H3,25,28,29,32)/t9-,10-,11+,13-,14+,18-,19-,20-,41?,42?/m1/s1. The first kappa shape index (κ1) is 30.2. The van der Waals surface area contributed by atoms with Crippen LogP contribution in [-0.4, -0.2) is 82.4 Å². The summed E-state index contributed by atoms with van der Waals surface area (Å²) in [5.41, 5.74) is 11.4. The Balaban J connectivity index is 1.25. The van der Waals surface area contributed by atoms with Crippen molar-refractivity contribution in [3.63, 3.8) is 0 Å². The number of aromatic amines is 1. The normalized spacial score (nSPS) is 38.0. The van der Waals surface area contributed by atoms with Crippen molar-refractivity contribution in [2.75, 3.05) is 18.1 Å². The number of nitrogens with one attached hydrogen (secondary N) is 1. The maximum atomic E-state index is 16.0. The molecule has 7 N–H and O–H groups in total. The zero-order valence-electron chi connectivity index (χ0n) is 21.8. The third-order valence-corrected chi connectivity index (χ3v) is 10.2. The molecule has 7 rings (SSSR count). The summed E-state index contributed by atoms with van der Waals surface area (Å²) in [6.45, 7) is -9.55. The molecule has 44 heavy (non-hydrogen) atoms. The lowest BCUT2D eigenvalue weighted by Gasteiger charge is -2.30. The van der Waals surface area contributed by atoms with Crippen LogP contribution in [-0.2, 0) is 51.2 Å². The molecular formula is C21H22F2N8O9P2S2. The zero-order valence-corrected chi connectivity index (χ0v) is 25.2. The highest BCUT2D eigenvalue weighted by Crippen LogP contribution is 2.57. The molecule has 0 amide bonds. The molecule has 7 heterocycles. The summed E-state index contributed by atoms with van der Waals surface area (Å²) in [6.07, 6.45) is -9.92. The average molecular weight is 695 g/mol. The Morgan fingerprint density at radius 3 is 2.55 bits per heavy atom. The fraction of sp³-hybridized carbons (Fsp3) is 0.429. The largest absolute Gasteiger partial charge is 0.398 e. The van der Waals surface area contributed by atoms with E-state index < -0.39 is 75.0 Å². The summed E-state index contributed by atoms with van der Waals surface area (Å²) in [7, 11) is 0. The number of aromatic nitrogens is 6. The van der Waals surface area contributed by atoms with Gasteiger partial charge in [0.1, 0.15) is 17.9 Å². The number of rotatable bonds is 2. The molecule has 17 nitrogen and oxygen atoms in total. The molecule has 10 atom stereocenters. The second kappa shape index (κ2) is 10.8. The summed E-state index contributed by atoms with van der Waals surface area (Å²) in [5, 5.41) is 0.503. The first-order valence-electron chi connectivity index (χ1n) is 12.7. The van der Waals surface area contributed by atoms with Crippen LogP contribution in [0.15, 0.2) is 35.6 Å². The van der Waals surface area contributed by atoms with E-state index in [-0.39, 0.29) is 22.8 Å². The van der Waals surface area contributed by atoms with E-state index in [4.69, 9.17) is 62.6 Å². The van der Waals surface area contributed by atoms with Gasteiger partial charge in [-0.25, -0.2) is 18.7 Å². The second-order valence-electron chi connectivity index (χ2n) is 9.96. The van der Waals surface area contributed by atoms with Crippen LogP contribution < -0.4 is 17.0 Å². The van der Waals surface area contributed by atoms with E-state index in [1.807, 2.05) is 0 Å². The molecule has 3 aliphatic heterocycles. The monoisotopic (exact) mass is 694 g/mol. The van der Waals surface area contributed by atoms with Gasteiger partial charge in [0.05, 0.1) is 12.9 Å². The molecule has 0 aliphatic carbocycles. The van der Waals surface area contributed by atoms with Crippen LogP contribution in [0.25, 0.3) is 22.2 Å². The van der Waals surface area contributed by atoms with Crippen LogP contribution in [0, 0.1) is 0 Å². The predicted molar refractivity (Wildman–Crippen MR) is 154 cm³/mol. The van der Waals surface area contributed by atoms with Crippen molar-refractivity contribution in [1.29, 1.82) is 0 Å². The molecule has 2 bridgehead atoms. The molecule has 4 aromatic heterocycles. The van der Waals surface area contributed by atoms with Crippen molar-refractivity contribution in [2.24, 2.45) is 0 Å². The maximum Gasteiger partial charge on any atom is 0.327 e. The molecule has 0 aromatic carbocycles. The third kappa shape index (κ3) is 5.16. The Labute approximate surface area is 254 Å². The number of anilines is 2. The topological polar surface area (TPSA) is 229 Å². The lowest BCUT2D eigenvalue weighted by Crippen LogP contribution is -2.36. The summed E-state index contributed by atoms with van der Waals surface area (Å²) in [4.78, 5) is 48.8. The maximum absolute atomic E-state index is 16.0. The van der Waals surface area contributed by atoms with Crippen molar-refractivity contribution in [1.82, 2.24) is 29.1 Å². The van der Waals surface area contributed by atoms with Gasteiger partial charge in [0.2, 0.25) is 5.95 Å². The summed E-state index contributed by atoms with van der Waals surface area (Å²) in [6, 6.07) is 3.15. The number of nitrogens with two attached hydrogens (primary N) is 2. The number of halogens is 2. The van der Waals surface area contributed by atoms with E-state index in [2.05, 4.69) is 19.9 Å². The zero-order chi connectivity index (χ0) is 31.1. The molecule has 0 radical (unpaired) electrons. The van der Waals surface area contributed by atoms with Crippen molar-refractivity contribution < 1.29 is 46.1 Å². The van der Waals surface area contributed by atoms with Crippen LogP contribution in [0.1, 0.15) is 12.5 Å². The van der Waals surface area contributed by atoms with Crippen molar-refractivity contribution in [2.45, 2.75) is 49.4 Å². The van der Waals surface area contributed by atoms with Gasteiger partial charge in [-0.05, 0) is 35.7 Å². The molecule has 2 unspecified atom stereocenters. The number of ether oxygens (including phenoxy) is 2. The van der Waals surface area contributed by atoms with E-state index in [9.17, 15) is 14.6 Å². The quantitative estimate of drug-likeness (QED) is 0.184. The molecule has 0 saturated carbocycles. The Morgan fingerprint density at radius 1 is 0.977 bits per heavy atom. The van der Waals surface area contributed by atoms with Crippen LogP contribution in [0.5, 0.6) is 0 Å². The Kier molecular flexibility index (Phi) is 7.39. The minimum Gasteiger partial charge on any atom is -0.398 e. The molecular weight excluding hydrogens is 672 g/mol. The molecule has 4 aromatic rings. The summed E-state index contributed by atoms with van der Waals surface area (Å²) in [5.74, 6) is -0.260. The number of nitrogens with zero attached hydrogens (tertiary/aromatic N) is 5. The van der Waals surface area contributed by atoms with E-state index in [1.165, 1.54) is 17.0 Å². The van der Waals surface area contributed by atoms with Crippen molar-refractivity contribution in [3.05, 3.63) is 41.2 Å². The molecule has 23 heteroatoms. The minimum absolute atomic E-state index is 0.0961. The summed E-state index contributed by atoms with van der Waals surface area (Å²) >= 11 is 10.3. The van der Waals surface area contributed by atoms with Gasteiger partial charge in [-0.1, -0.05) is 0 Å². The highest BCUT2D eigenvalue weighted by Gasteiger charge is 2.55. The van der Waals surface area contributed by atoms with Gasteiger partial charge >= 0.3 is 13.4 Å². The lowest BCUT2D eigenvalue weighted by atomic mass is 10.1. The fourth-order valence-electron chi connectivity index (χ4n) is 5.25. The Bertz CT molecular complexity index is 1930. The van der Waals surface area contributed by atoms with Crippen LogP contribution in [0.2, 0.25) is 0 Å². The smallest absolute Gasteiger partial charge is 0.327 e. The third-order valence-electron chi connectivity index (χ3n) is 7.19. The number of fused-ring (bicyclic) bond motifs is 5. The van der Waals surface area contributed by atoms with Crippen molar-refractivity contribution >= 4 is 70.9 Å². The highest BCUT2D eigenvalue weighted by molar-refractivity contribution is 8.07. The number of imidazole rings is 1. The molecule has 236 valence electrons. The average Bonchev–Trinajstić information content (AvgIpc) is 3.69. The van der Waals surface area contributed by atoms with E-state index in [0.717, 1.165) is 10.9 Å². The Morgan fingerprint density at radius 2 is 1.75 bits per heavy atom. The SMILES string of the molecule is Nc1nc2c(ncn2[C@@H]2O[C@@H]3COP(O)(=S)O[C@@H]4[C@H](O[C@@H](n5ccc6c(N)ccnc65)[C@H]4F)OP(O)(=S)O[C@@H]2[C@@H]3F)c(=O)[nH]1. The fourth-order valence-corrected chi connectivity index (χ4v) is 8.22. The number of alkyl halides is 2. The minimum atomic E-state index is -4.53.